The van der Waals surface area contributed by atoms with E-state index in [0.29, 0.717) is 19.4 Å². The molecule has 0 amide bonds. The first kappa shape index (κ1) is 36.1. The third-order valence-corrected chi connectivity index (χ3v) is 6.50. The number of methoxy groups -OCH3 is 1. The Bertz CT molecular complexity index is 422. The maximum atomic E-state index is 11.1. The molecule has 0 rings (SSSR count). The maximum absolute atomic E-state index is 11.1. The second-order valence-corrected chi connectivity index (χ2v) is 9.95. The van der Waals surface area contributed by atoms with E-state index >= 15 is 0 Å². The lowest BCUT2D eigenvalue weighted by Crippen LogP contribution is -2.03. The van der Waals surface area contributed by atoms with Gasteiger partial charge in [0.15, 0.2) is 0 Å². The molecule has 0 aromatic heterocycles. The van der Waals surface area contributed by atoms with Crippen molar-refractivity contribution >= 4 is 11.9 Å². The molecule has 0 atom stereocenters. The van der Waals surface area contributed by atoms with Gasteiger partial charge in [0.05, 0.1) is 13.7 Å². The van der Waals surface area contributed by atoms with Gasteiger partial charge in [0, 0.05) is 12.8 Å². The molecule has 4 nitrogen and oxygen atoms in total. The van der Waals surface area contributed by atoms with Crippen LogP contribution in [0.15, 0.2) is 0 Å². The highest BCUT2D eigenvalue weighted by atomic mass is 16.5. The summed E-state index contributed by atoms with van der Waals surface area (Å²) in [7, 11) is 1.45. The largest absolute Gasteiger partial charge is 0.469 e. The second kappa shape index (κ2) is 32.9. The van der Waals surface area contributed by atoms with E-state index in [-0.39, 0.29) is 11.9 Å². The summed E-state index contributed by atoms with van der Waals surface area (Å²) in [5, 5.41) is 0. The molecule has 0 fully saturated rings. The predicted octanol–water partition coefficient (Wildman–Crippen LogP) is 10.1. The summed E-state index contributed by atoms with van der Waals surface area (Å²) in [5.74, 6) is -0.103. The molecule has 0 saturated carbocycles. The Morgan fingerprint density at radius 3 is 1.00 bits per heavy atom. The molecule has 0 aliphatic heterocycles. The first-order chi connectivity index (χ1) is 17.1. The summed E-state index contributed by atoms with van der Waals surface area (Å²) in [6.45, 7) is 6.89. The van der Waals surface area contributed by atoms with Crippen LogP contribution >= 0.6 is 0 Å². The topological polar surface area (TPSA) is 52.6 Å². The number of carbonyl (C=O) groups excluding carboxylic acids is 2. The minimum atomic E-state index is -0.0713. The van der Waals surface area contributed by atoms with Gasteiger partial charge < -0.3 is 9.47 Å². The molecule has 35 heavy (non-hydrogen) atoms. The Morgan fingerprint density at radius 2 is 0.714 bits per heavy atom. The van der Waals surface area contributed by atoms with Crippen LogP contribution in [0.4, 0.5) is 0 Å². The number of hydrogen-bond donors (Lipinski definition) is 0. The summed E-state index contributed by atoms with van der Waals surface area (Å²) in [6.07, 6.45) is 30.2. The van der Waals surface area contributed by atoms with E-state index in [9.17, 15) is 9.59 Å². The molecular formula is C31H62O4. The second-order valence-electron chi connectivity index (χ2n) is 9.95. The Hall–Kier alpha value is -1.06. The van der Waals surface area contributed by atoms with E-state index in [2.05, 4.69) is 18.6 Å². The summed E-state index contributed by atoms with van der Waals surface area (Å²) < 4.78 is 9.49. The molecule has 210 valence electrons. The van der Waals surface area contributed by atoms with Crippen LogP contribution in [0.5, 0.6) is 0 Å². The van der Waals surface area contributed by atoms with E-state index in [4.69, 9.17) is 4.74 Å². The van der Waals surface area contributed by atoms with Gasteiger partial charge >= 0.3 is 11.9 Å². The monoisotopic (exact) mass is 498 g/mol. The minimum Gasteiger partial charge on any atom is -0.469 e. The van der Waals surface area contributed by atoms with Gasteiger partial charge in [0.25, 0.3) is 0 Å². The lowest BCUT2D eigenvalue weighted by atomic mass is 10.0. The standard InChI is InChI=1S/C18H36O2.C13H26O2/c1-3-5-6-7-8-9-10-11-12-13-14-15-16-17-18(19)20-4-2;1-3-4-5-6-7-8-9-10-11-12-13(14)15-2/h3-17H2,1-2H3;3-12H2,1-2H3. The highest BCUT2D eigenvalue weighted by Gasteiger charge is 2.01. The fraction of sp³-hybridized carbons (Fsp3) is 0.935. The van der Waals surface area contributed by atoms with Gasteiger partial charge in [-0.3, -0.25) is 9.59 Å². The Balaban J connectivity index is 0. The zero-order valence-corrected chi connectivity index (χ0v) is 24.3. The number of esters is 2. The van der Waals surface area contributed by atoms with Crippen molar-refractivity contribution in [2.45, 2.75) is 175 Å². The number of carbonyl (C=O) groups is 2. The molecule has 0 unspecified atom stereocenters. The zero-order chi connectivity index (χ0) is 26.2. The number of ether oxygens (including phenoxy) is 2. The number of hydrogen-bond acceptors (Lipinski definition) is 4. The SMILES string of the molecule is CCCCCCCCCCCC(=O)OC.CCCCCCCCCCCCCCCC(=O)OCC. The van der Waals surface area contributed by atoms with Gasteiger partial charge in [0.1, 0.15) is 0 Å². The van der Waals surface area contributed by atoms with E-state index in [0.717, 1.165) is 12.8 Å². The molecule has 0 N–H and O–H groups in total. The van der Waals surface area contributed by atoms with E-state index < -0.39 is 0 Å². The molecule has 0 spiro atoms. The van der Waals surface area contributed by atoms with Crippen LogP contribution in [0.3, 0.4) is 0 Å². The van der Waals surface area contributed by atoms with Crippen molar-refractivity contribution in [2.75, 3.05) is 13.7 Å². The van der Waals surface area contributed by atoms with Crippen molar-refractivity contribution in [3.05, 3.63) is 0 Å². The Kier molecular flexibility index (Phi) is 34.0. The molecular weight excluding hydrogens is 436 g/mol. The predicted molar refractivity (Wildman–Crippen MR) is 151 cm³/mol. The van der Waals surface area contributed by atoms with Crippen LogP contribution in [-0.4, -0.2) is 25.7 Å². The summed E-state index contributed by atoms with van der Waals surface area (Å²) >= 11 is 0. The van der Waals surface area contributed by atoms with Crippen LogP contribution < -0.4 is 0 Å². The van der Waals surface area contributed by atoms with Crippen molar-refractivity contribution in [3.63, 3.8) is 0 Å². The molecule has 4 heteroatoms. The fourth-order valence-corrected chi connectivity index (χ4v) is 4.20. The van der Waals surface area contributed by atoms with Crippen molar-refractivity contribution in [2.24, 2.45) is 0 Å². The maximum Gasteiger partial charge on any atom is 0.305 e. The van der Waals surface area contributed by atoms with Crippen LogP contribution in [0.1, 0.15) is 175 Å². The molecule has 0 aliphatic carbocycles. The highest BCUT2D eigenvalue weighted by molar-refractivity contribution is 5.69. The van der Waals surface area contributed by atoms with Crippen molar-refractivity contribution in [1.82, 2.24) is 0 Å². The summed E-state index contributed by atoms with van der Waals surface area (Å²) in [4.78, 5) is 21.9. The molecule has 0 aliphatic rings. The van der Waals surface area contributed by atoms with Crippen LogP contribution in [0.25, 0.3) is 0 Å². The molecule has 0 heterocycles. The van der Waals surface area contributed by atoms with Gasteiger partial charge in [0.2, 0.25) is 0 Å². The van der Waals surface area contributed by atoms with Crippen molar-refractivity contribution < 1.29 is 19.1 Å². The molecule has 0 radical (unpaired) electrons. The van der Waals surface area contributed by atoms with Gasteiger partial charge in [-0.25, -0.2) is 0 Å². The Morgan fingerprint density at radius 1 is 0.429 bits per heavy atom. The summed E-state index contributed by atoms with van der Waals surface area (Å²) in [6, 6.07) is 0. The third-order valence-electron chi connectivity index (χ3n) is 6.50. The van der Waals surface area contributed by atoms with Gasteiger partial charge in [-0.15, -0.1) is 0 Å². The van der Waals surface area contributed by atoms with E-state index in [1.807, 2.05) is 6.92 Å². The molecule has 0 bridgehead atoms. The first-order valence-electron chi connectivity index (χ1n) is 15.3. The molecule has 0 saturated heterocycles. The van der Waals surface area contributed by atoms with Crippen molar-refractivity contribution in [3.8, 4) is 0 Å². The summed E-state index contributed by atoms with van der Waals surface area (Å²) in [5.41, 5.74) is 0. The van der Waals surface area contributed by atoms with Crippen LogP contribution in [0, 0.1) is 0 Å². The Labute approximate surface area is 219 Å². The zero-order valence-electron chi connectivity index (χ0n) is 24.3. The highest BCUT2D eigenvalue weighted by Crippen LogP contribution is 2.13. The average molecular weight is 499 g/mol. The van der Waals surface area contributed by atoms with Gasteiger partial charge in [-0.2, -0.15) is 0 Å². The quantitative estimate of drug-likeness (QED) is 0.0927. The molecule has 0 aromatic carbocycles. The average Bonchev–Trinajstić information content (AvgIpc) is 2.86. The van der Waals surface area contributed by atoms with E-state index in [1.54, 1.807) is 0 Å². The van der Waals surface area contributed by atoms with E-state index in [1.165, 1.54) is 136 Å². The fourth-order valence-electron chi connectivity index (χ4n) is 4.20. The lowest BCUT2D eigenvalue weighted by molar-refractivity contribution is -0.143. The van der Waals surface area contributed by atoms with Crippen LogP contribution in [0.2, 0.25) is 0 Å². The van der Waals surface area contributed by atoms with Gasteiger partial charge in [-0.05, 0) is 19.8 Å². The molecule has 0 aromatic rings. The van der Waals surface area contributed by atoms with Gasteiger partial charge in [-0.1, -0.05) is 142 Å². The number of unbranched alkanes of at least 4 members (excludes halogenated alkanes) is 20. The van der Waals surface area contributed by atoms with Crippen molar-refractivity contribution in [1.29, 1.82) is 0 Å². The first-order valence-corrected chi connectivity index (χ1v) is 15.3. The van der Waals surface area contributed by atoms with Crippen LogP contribution in [-0.2, 0) is 19.1 Å². The lowest BCUT2D eigenvalue weighted by Gasteiger charge is -2.03. The number of rotatable bonds is 25. The smallest absolute Gasteiger partial charge is 0.305 e. The minimum absolute atomic E-state index is 0.0319. The third kappa shape index (κ3) is 35.2. The normalized spacial score (nSPS) is 10.5.